The van der Waals surface area contributed by atoms with Crippen molar-refractivity contribution < 1.29 is 14.3 Å². The van der Waals surface area contributed by atoms with Gasteiger partial charge in [-0.2, -0.15) is 0 Å². The lowest BCUT2D eigenvalue weighted by atomic mass is 10.2. The standard InChI is InChI=1S/C17H21N3O3/c1-20(2)14-8-6-7-13(11-14)19-17(21)18-12-23-16-10-5-4-9-15(16)22-3/h4-11H,12H2,1-3H3,(H2,18,19,21). The molecule has 2 rings (SSSR count). The summed E-state index contributed by atoms with van der Waals surface area (Å²) >= 11 is 0. The smallest absolute Gasteiger partial charge is 0.321 e. The molecular weight excluding hydrogens is 294 g/mol. The fourth-order valence-corrected chi connectivity index (χ4v) is 1.95. The summed E-state index contributed by atoms with van der Waals surface area (Å²) in [7, 11) is 5.46. The highest BCUT2D eigenvalue weighted by molar-refractivity contribution is 5.89. The second kappa shape index (κ2) is 7.93. The summed E-state index contributed by atoms with van der Waals surface area (Å²) in [4.78, 5) is 13.9. The summed E-state index contributed by atoms with van der Waals surface area (Å²) in [6, 6.07) is 14.5. The van der Waals surface area contributed by atoms with Crippen molar-refractivity contribution in [3.05, 3.63) is 48.5 Å². The fourth-order valence-electron chi connectivity index (χ4n) is 1.95. The van der Waals surface area contributed by atoms with Gasteiger partial charge in [0, 0.05) is 25.5 Å². The number of hydrogen-bond acceptors (Lipinski definition) is 4. The van der Waals surface area contributed by atoms with Crippen LogP contribution in [0, 0.1) is 0 Å². The summed E-state index contributed by atoms with van der Waals surface area (Å²) in [5.74, 6) is 1.19. The van der Waals surface area contributed by atoms with E-state index in [4.69, 9.17) is 9.47 Å². The van der Waals surface area contributed by atoms with E-state index in [2.05, 4.69) is 10.6 Å². The molecule has 2 amide bonds. The van der Waals surface area contributed by atoms with E-state index < -0.39 is 0 Å². The van der Waals surface area contributed by atoms with Crippen molar-refractivity contribution in [2.75, 3.05) is 38.2 Å². The zero-order valence-electron chi connectivity index (χ0n) is 13.5. The lowest BCUT2D eigenvalue weighted by molar-refractivity contribution is 0.231. The van der Waals surface area contributed by atoms with Crippen molar-refractivity contribution in [2.24, 2.45) is 0 Å². The minimum atomic E-state index is -0.337. The highest BCUT2D eigenvalue weighted by Gasteiger charge is 2.05. The highest BCUT2D eigenvalue weighted by Crippen LogP contribution is 2.25. The minimum Gasteiger partial charge on any atom is -0.493 e. The van der Waals surface area contributed by atoms with Gasteiger partial charge in [0.1, 0.15) is 0 Å². The largest absolute Gasteiger partial charge is 0.493 e. The fraction of sp³-hybridized carbons (Fsp3) is 0.235. The Morgan fingerprint density at radius 3 is 2.52 bits per heavy atom. The van der Waals surface area contributed by atoms with Gasteiger partial charge in [-0.15, -0.1) is 0 Å². The van der Waals surface area contributed by atoms with Crippen LogP contribution in [0.25, 0.3) is 0 Å². The van der Waals surface area contributed by atoms with Gasteiger partial charge in [-0.25, -0.2) is 4.79 Å². The van der Waals surface area contributed by atoms with E-state index in [0.29, 0.717) is 17.2 Å². The van der Waals surface area contributed by atoms with Crippen molar-refractivity contribution in [3.8, 4) is 11.5 Å². The van der Waals surface area contributed by atoms with E-state index in [0.717, 1.165) is 5.69 Å². The van der Waals surface area contributed by atoms with Gasteiger partial charge >= 0.3 is 6.03 Å². The number of amides is 2. The van der Waals surface area contributed by atoms with Crippen LogP contribution in [0.3, 0.4) is 0 Å². The van der Waals surface area contributed by atoms with Crippen LogP contribution in [-0.2, 0) is 0 Å². The Kier molecular flexibility index (Phi) is 5.68. The number of nitrogens with zero attached hydrogens (tertiary/aromatic N) is 1. The predicted molar refractivity (Wildman–Crippen MR) is 91.4 cm³/mol. The lowest BCUT2D eigenvalue weighted by Crippen LogP contribution is -2.32. The Morgan fingerprint density at radius 2 is 1.83 bits per heavy atom. The van der Waals surface area contributed by atoms with Gasteiger partial charge in [-0.1, -0.05) is 18.2 Å². The molecule has 0 aliphatic carbocycles. The SMILES string of the molecule is COc1ccccc1OCNC(=O)Nc1cccc(N(C)C)c1. The summed E-state index contributed by atoms with van der Waals surface area (Å²) in [6.07, 6.45) is 0. The number of carbonyl (C=O) groups is 1. The Balaban J connectivity index is 1.84. The van der Waals surface area contributed by atoms with Crippen LogP contribution in [0.2, 0.25) is 0 Å². The molecule has 0 aromatic heterocycles. The number of rotatable bonds is 6. The van der Waals surface area contributed by atoms with E-state index in [1.54, 1.807) is 19.2 Å². The number of hydrogen-bond donors (Lipinski definition) is 2. The van der Waals surface area contributed by atoms with Crippen LogP contribution in [0.4, 0.5) is 16.2 Å². The Labute approximate surface area is 136 Å². The van der Waals surface area contributed by atoms with Crippen LogP contribution in [0.1, 0.15) is 0 Å². The average Bonchev–Trinajstić information content (AvgIpc) is 2.55. The molecule has 0 radical (unpaired) electrons. The molecule has 2 aromatic carbocycles. The Morgan fingerprint density at radius 1 is 1.09 bits per heavy atom. The van der Waals surface area contributed by atoms with Crippen LogP contribution >= 0.6 is 0 Å². The number of benzene rings is 2. The number of urea groups is 1. The van der Waals surface area contributed by atoms with Crippen LogP contribution < -0.4 is 25.0 Å². The van der Waals surface area contributed by atoms with Crippen molar-refractivity contribution >= 4 is 17.4 Å². The van der Waals surface area contributed by atoms with Crippen LogP contribution in [-0.4, -0.2) is 34.0 Å². The van der Waals surface area contributed by atoms with E-state index in [1.807, 2.05) is 55.4 Å². The first-order chi connectivity index (χ1) is 11.1. The van der Waals surface area contributed by atoms with E-state index in [1.165, 1.54) is 0 Å². The van der Waals surface area contributed by atoms with Crippen LogP contribution in [0.15, 0.2) is 48.5 Å². The van der Waals surface area contributed by atoms with Gasteiger partial charge in [0.2, 0.25) is 0 Å². The number of carbonyl (C=O) groups excluding carboxylic acids is 1. The molecule has 0 atom stereocenters. The second-order valence-corrected chi connectivity index (χ2v) is 5.02. The molecule has 6 nitrogen and oxygen atoms in total. The van der Waals surface area contributed by atoms with Crippen molar-refractivity contribution in [1.82, 2.24) is 5.32 Å². The lowest BCUT2D eigenvalue weighted by Gasteiger charge is -2.14. The molecular formula is C17H21N3O3. The minimum absolute atomic E-state index is 0.0412. The number of ether oxygens (including phenoxy) is 2. The summed E-state index contributed by atoms with van der Waals surface area (Å²) in [5, 5.41) is 5.40. The molecule has 0 aliphatic rings. The van der Waals surface area contributed by atoms with E-state index in [9.17, 15) is 4.79 Å². The number of anilines is 2. The number of nitrogens with one attached hydrogen (secondary N) is 2. The molecule has 0 spiro atoms. The van der Waals surface area contributed by atoms with Gasteiger partial charge in [0.15, 0.2) is 18.2 Å². The molecule has 122 valence electrons. The molecule has 0 aliphatic heterocycles. The summed E-state index contributed by atoms with van der Waals surface area (Å²) in [6.45, 7) is 0.0412. The highest BCUT2D eigenvalue weighted by atomic mass is 16.5. The second-order valence-electron chi connectivity index (χ2n) is 5.02. The van der Waals surface area contributed by atoms with Gasteiger partial charge in [-0.05, 0) is 30.3 Å². The molecule has 2 aromatic rings. The van der Waals surface area contributed by atoms with Gasteiger partial charge in [0.05, 0.1) is 7.11 Å². The molecule has 6 heteroatoms. The molecule has 0 saturated heterocycles. The molecule has 0 fully saturated rings. The Hall–Kier alpha value is -2.89. The maximum absolute atomic E-state index is 11.9. The van der Waals surface area contributed by atoms with E-state index >= 15 is 0 Å². The third-order valence-electron chi connectivity index (χ3n) is 3.15. The molecule has 2 N–H and O–H groups in total. The molecule has 0 bridgehead atoms. The van der Waals surface area contributed by atoms with Gasteiger partial charge in [0.25, 0.3) is 0 Å². The average molecular weight is 315 g/mol. The summed E-state index contributed by atoms with van der Waals surface area (Å²) in [5.41, 5.74) is 1.72. The predicted octanol–water partition coefficient (Wildman–Crippen LogP) is 2.92. The van der Waals surface area contributed by atoms with Crippen molar-refractivity contribution in [1.29, 1.82) is 0 Å². The van der Waals surface area contributed by atoms with E-state index in [-0.39, 0.29) is 12.8 Å². The van der Waals surface area contributed by atoms with Crippen molar-refractivity contribution in [3.63, 3.8) is 0 Å². The normalized spacial score (nSPS) is 9.87. The topological polar surface area (TPSA) is 62.8 Å². The molecule has 0 heterocycles. The van der Waals surface area contributed by atoms with Gasteiger partial charge < -0.3 is 25.0 Å². The van der Waals surface area contributed by atoms with Gasteiger partial charge in [-0.3, -0.25) is 0 Å². The zero-order valence-corrected chi connectivity index (χ0v) is 13.5. The van der Waals surface area contributed by atoms with Crippen LogP contribution in [0.5, 0.6) is 11.5 Å². The van der Waals surface area contributed by atoms with Crippen molar-refractivity contribution in [2.45, 2.75) is 0 Å². The maximum atomic E-state index is 11.9. The number of para-hydroxylation sites is 2. The monoisotopic (exact) mass is 315 g/mol. The first kappa shape index (κ1) is 16.5. The third kappa shape index (κ3) is 4.81. The molecule has 23 heavy (non-hydrogen) atoms. The maximum Gasteiger partial charge on any atom is 0.321 e. The third-order valence-corrected chi connectivity index (χ3v) is 3.15. The molecule has 0 saturated carbocycles. The first-order valence-corrected chi connectivity index (χ1v) is 7.18. The summed E-state index contributed by atoms with van der Waals surface area (Å²) < 4.78 is 10.7. The zero-order chi connectivity index (χ0) is 16.7. The first-order valence-electron chi connectivity index (χ1n) is 7.18. The Bertz CT molecular complexity index is 659. The molecule has 0 unspecified atom stereocenters. The quantitative estimate of drug-likeness (QED) is 0.805. The number of methoxy groups -OCH3 is 1.